The van der Waals surface area contributed by atoms with Crippen LogP contribution in [0.4, 0.5) is 0 Å². The van der Waals surface area contributed by atoms with Gasteiger partial charge in [-0.05, 0) is 41.5 Å². The summed E-state index contributed by atoms with van der Waals surface area (Å²) in [4.78, 5) is 13.1. The van der Waals surface area contributed by atoms with Gasteiger partial charge in [0.15, 0.2) is 0 Å². The summed E-state index contributed by atoms with van der Waals surface area (Å²) in [5.74, 6) is -0.121. The number of fused-ring (bicyclic) bond motifs is 2. The largest absolute Gasteiger partial charge is 0.383 e. The first kappa shape index (κ1) is 14.4. The van der Waals surface area contributed by atoms with Gasteiger partial charge < -0.3 is 10.4 Å². The van der Waals surface area contributed by atoms with Crippen molar-refractivity contribution in [2.75, 3.05) is 6.54 Å². The highest BCUT2D eigenvalue weighted by Crippen LogP contribution is 2.36. The third-order valence-corrected chi connectivity index (χ3v) is 5.63. The van der Waals surface area contributed by atoms with E-state index in [4.69, 9.17) is 0 Å². The number of hydrogen-bond donors (Lipinski definition) is 2. The van der Waals surface area contributed by atoms with E-state index in [0.717, 1.165) is 22.1 Å². The van der Waals surface area contributed by atoms with Crippen LogP contribution in [0.15, 0.2) is 54.6 Å². The molecule has 1 atom stereocenters. The fraction of sp³-hybridized carbons (Fsp3) is 0.211. The van der Waals surface area contributed by atoms with Crippen LogP contribution in [0.5, 0.6) is 0 Å². The number of benzene rings is 2. The van der Waals surface area contributed by atoms with E-state index in [2.05, 4.69) is 5.32 Å². The van der Waals surface area contributed by atoms with Gasteiger partial charge in [0.2, 0.25) is 0 Å². The zero-order valence-corrected chi connectivity index (χ0v) is 13.4. The molecule has 0 bridgehead atoms. The van der Waals surface area contributed by atoms with Gasteiger partial charge in [0, 0.05) is 4.70 Å². The molecule has 4 heteroatoms. The smallest absolute Gasteiger partial charge is 0.261 e. The summed E-state index contributed by atoms with van der Waals surface area (Å²) in [6, 6.07) is 17.8. The lowest BCUT2D eigenvalue weighted by Crippen LogP contribution is -2.39. The molecule has 0 fully saturated rings. The van der Waals surface area contributed by atoms with E-state index in [-0.39, 0.29) is 12.5 Å². The maximum Gasteiger partial charge on any atom is 0.261 e. The maximum absolute atomic E-state index is 12.4. The fourth-order valence-electron chi connectivity index (χ4n) is 3.26. The summed E-state index contributed by atoms with van der Waals surface area (Å²) in [6.07, 6.45) is 1.50. The second kappa shape index (κ2) is 5.48. The Morgan fingerprint density at radius 3 is 2.83 bits per heavy atom. The summed E-state index contributed by atoms with van der Waals surface area (Å²) in [5.41, 5.74) is 1.16. The average Bonchev–Trinajstić information content (AvgIpc) is 3.15. The number of carbonyl (C=O) groups is 1. The van der Waals surface area contributed by atoms with Crippen LogP contribution in [0.3, 0.4) is 0 Å². The Hall–Kier alpha value is -2.17. The van der Waals surface area contributed by atoms with Crippen molar-refractivity contribution in [1.29, 1.82) is 0 Å². The molecule has 1 aromatic heterocycles. The Balaban J connectivity index is 1.52. The van der Waals surface area contributed by atoms with E-state index in [1.54, 1.807) is 0 Å². The van der Waals surface area contributed by atoms with Crippen molar-refractivity contribution in [2.24, 2.45) is 0 Å². The van der Waals surface area contributed by atoms with E-state index in [1.807, 2.05) is 54.6 Å². The SMILES string of the molecule is O=C(NC[C@@]1(O)CCc2ccccc21)c1cc2ccccc2s1. The maximum atomic E-state index is 12.4. The van der Waals surface area contributed by atoms with Crippen LogP contribution in [0.2, 0.25) is 0 Å². The third-order valence-electron chi connectivity index (χ3n) is 4.52. The molecule has 0 saturated carbocycles. The van der Waals surface area contributed by atoms with Crippen molar-refractivity contribution in [2.45, 2.75) is 18.4 Å². The molecule has 1 aliphatic carbocycles. The summed E-state index contributed by atoms with van der Waals surface area (Å²) in [7, 11) is 0. The molecule has 0 spiro atoms. The molecule has 2 N–H and O–H groups in total. The van der Waals surface area contributed by atoms with E-state index < -0.39 is 5.60 Å². The van der Waals surface area contributed by atoms with Crippen LogP contribution < -0.4 is 5.32 Å². The van der Waals surface area contributed by atoms with Crippen LogP contribution in [-0.4, -0.2) is 17.6 Å². The first-order valence-corrected chi connectivity index (χ1v) is 8.55. The van der Waals surface area contributed by atoms with Gasteiger partial charge in [-0.3, -0.25) is 4.79 Å². The van der Waals surface area contributed by atoms with Crippen molar-refractivity contribution in [3.05, 3.63) is 70.6 Å². The normalized spacial score (nSPS) is 19.7. The molecular formula is C19H17NO2S. The van der Waals surface area contributed by atoms with E-state index in [1.165, 1.54) is 16.9 Å². The molecule has 2 aromatic carbocycles. The Morgan fingerprint density at radius 2 is 1.96 bits per heavy atom. The van der Waals surface area contributed by atoms with Gasteiger partial charge in [0.1, 0.15) is 5.60 Å². The predicted molar refractivity (Wildman–Crippen MR) is 92.8 cm³/mol. The quantitative estimate of drug-likeness (QED) is 0.775. The van der Waals surface area contributed by atoms with Crippen molar-refractivity contribution >= 4 is 27.3 Å². The first-order chi connectivity index (χ1) is 11.2. The van der Waals surface area contributed by atoms with Crippen LogP contribution in [0.1, 0.15) is 27.2 Å². The first-order valence-electron chi connectivity index (χ1n) is 7.73. The molecule has 0 radical (unpaired) electrons. The molecular weight excluding hydrogens is 306 g/mol. The number of amides is 1. The summed E-state index contributed by atoms with van der Waals surface area (Å²) in [5, 5.41) is 14.8. The Morgan fingerprint density at radius 1 is 1.17 bits per heavy atom. The van der Waals surface area contributed by atoms with Crippen LogP contribution >= 0.6 is 11.3 Å². The molecule has 23 heavy (non-hydrogen) atoms. The van der Waals surface area contributed by atoms with Crippen molar-refractivity contribution < 1.29 is 9.90 Å². The molecule has 3 aromatic rings. The van der Waals surface area contributed by atoms with Crippen molar-refractivity contribution in [1.82, 2.24) is 5.32 Å². The fourth-order valence-corrected chi connectivity index (χ4v) is 4.24. The number of thiophene rings is 1. The Bertz CT molecular complexity index is 853. The Labute approximate surface area is 138 Å². The molecule has 0 unspecified atom stereocenters. The van der Waals surface area contributed by atoms with E-state index >= 15 is 0 Å². The number of hydrogen-bond acceptors (Lipinski definition) is 3. The minimum Gasteiger partial charge on any atom is -0.383 e. The summed E-state index contributed by atoms with van der Waals surface area (Å²) < 4.78 is 1.10. The molecule has 1 heterocycles. The number of aliphatic hydroxyl groups is 1. The third kappa shape index (κ3) is 2.54. The highest BCUT2D eigenvalue weighted by Gasteiger charge is 2.36. The summed E-state index contributed by atoms with van der Waals surface area (Å²) >= 11 is 1.48. The molecule has 0 saturated heterocycles. The van der Waals surface area contributed by atoms with Crippen molar-refractivity contribution in [3.8, 4) is 0 Å². The molecule has 4 rings (SSSR count). The minimum atomic E-state index is -0.955. The number of nitrogens with one attached hydrogen (secondary N) is 1. The number of carbonyl (C=O) groups excluding carboxylic acids is 1. The standard InChI is InChI=1S/C19H17NO2S/c21-18(17-11-14-6-2-4-8-16(14)23-17)20-12-19(22)10-9-13-5-1-3-7-15(13)19/h1-8,11,22H,9-10,12H2,(H,20,21)/t19-/m0/s1. The van der Waals surface area contributed by atoms with Gasteiger partial charge in [-0.2, -0.15) is 0 Å². The lowest BCUT2D eigenvalue weighted by Gasteiger charge is -2.24. The zero-order valence-electron chi connectivity index (χ0n) is 12.6. The van der Waals surface area contributed by atoms with Crippen LogP contribution in [0, 0.1) is 0 Å². The van der Waals surface area contributed by atoms with Crippen LogP contribution in [-0.2, 0) is 12.0 Å². The van der Waals surface area contributed by atoms with Gasteiger partial charge in [-0.15, -0.1) is 11.3 Å². The monoisotopic (exact) mass is 323 g/mol. The van der Waals surface area contributed by atoms with Gasteiger partial charge in [-0.25, -0.2) is 0 Å². The van der Waals surface area contributed by atoms with Gasteiger partial charge in [0.25, 0.3) is 5.91 Å². The van der Waals surface area contributed by atoms with Crippen LogP contribution in [0.25, 0.3) is 10.1 Å². The molecule has 116 valence electrons. The van der Waals surface area contributed by atoms with Gasteiger partial charge in [-0.1, -0.05) is 42.5 Å². The summed E-state index contributed by atoms with van der Waals surface area (Å²) in [6.45, 7) is 0.247. The van der Waals surface area contributed by atoms with E-state index in [9.17, 15) is 9.90 Å². The average molecular weight is 323 g/mol. The lowest BCUT2D eigenvalue weighted by molar-refractivity contribution is 0.0370. The zero-order chi connectivity index (χ0) is 15.9. The second-order valence-electron chi connectivity index (χ2n) is 6.02. The number of rotatable bonds is 3. The minimum absolute atomic E-state index is 0.121. The lowest BCUT2D eigenvalue weighted by atomic mass is 9.96. The van der Waals surface area contributed by atoms with Gasteiger partial charge >= 0.3 is 0 Å². The predicted octanol–water partition coefficient (Wildman–Crippen LogP) is 3.47. The second-order valence-corrected chi connectivity index (χ2v) is 7.10. The number of aryl methyl sites for hydroxylation is 1. The highest BCUT2D eigenvalue weighted by molar-refractivity contribution is 7.20. The Kier molecular flexibility index (Phi) is 3.43. The molecule has 0 aliphatic heterocycles. The molecule has 3 nitrogen and oxygen atoms in total. The van der Waals surface area contributed by atoms with Crippen molar-refractivity contribution in [3.63, 3.8) is 0 Å². The van der Waals surface area contributed by atoms with Gasteiger partial charge in [0.05, 0.1) is 11.4 Å². The highest BCUT2D eigenvalue weighted by atomic mass is 32.1. The molecule has 1 aliphatic rings. The van der Waals surface area contributed by atoms with E-state index in [0.29, 0.717) is 11.3 Å². The topological polar surface area (TPSA) is 49.3 Å². The molecule has 1 amide bonds.